The molecule has 4 nitrogen and oxygen atoms in total. The maximum Gasteiger partial charge on any atom is 0.220 e. The molecule has 3 N–H and O–H groups in total. The third-order valence-corrected chi connectivity index (χ3v) is 3.64. The van der Waals surface area contributed by atoms with Crippen LogP contribution in [0.3, 0.4) is 0 Å². The Morgan fingerprint density at radius 1 is 1.30 bits per heavy atom. The first-order valence-electron chi connectivity index (χ1n) is 7.56. The molecule has 0 saturated heterocycles. The van der Waals surface area contributed by atoms with E-state index in [0.717, 1.165) is 31.2 Å². The minimum atomic E-state index is 0.0321. The third-order valence-electron chi connectivity index (χ3n) is 3.64. The highest BCUT2D eigenvalue weighted by Gasteiger charge is 2.12. The first-order chi connectivity index (χ1) is 9.67. The molecule has 1 rings (SSSR count). The van der Waals surface area contributed by atoms with E-state index in [1.54, 1.807) is 12.4 Å². The van der Waals surface area contributed by atoms with Crippen LogP contribution in [0.4, 0.5) is 0 Å². The zero-order chi connectivity index (χ0) is 14.8. The van der Waals surface area contributed by atoms with Crippen LogP contribution in [0, 0.1) is 5.92 Å². The van der Waals surface area contributed by atoms with E-state index in [1.165, 1.54) is 0 Å². The lowest BCUT2D eigenvalue weighted by atomic mass is 9.94. The largest absolute Gasteiger partial charge is 0.350 e. The number of nitrogens with one attached hydrogen (secondary N) is 1. The Bertz CT molecular complexity index is 375. The lowest BCUT2D eigenvalue weighted by Gasteiger charge is -2.17. The molecule has 1 aromatic heterocycles. The highest BCUT2D eigenvalue weighted by atomic mass is 16.1. The fourth-order valence-corrected chi connectivity index (χ4v) is 2.46. The smallest absolute Gasteiger partial charge is 0.220 e. The molecule has 112 valence electrons. The van der Waals surface area contributed by atoms with Crippen LogP contribution in [0.25, 0.3) is 0 Å². The number of hydrogen-bond donors (Lipinski definition) is 2. The van der Waals surface area contributed by atoms with E-state index in [0.29, 0.717) is 18.9 Å². The van der Waals surface area contributed by atoms with E-state index in [-0.39, 0.29) is 11.9 Å². The highest BCUT2D eigenvalue weighted by Crippen LogP contribution is 2.17. The van der Waals surface area contributed by atoms with Gasteiger partial charge in [-0.2, -0.15) is 0 Å². The summed E-state index contributed by atoms with van der Waals surface area (Å²) < 4.78 is 0. The lowest BCUT2D eigenvalue weighted by molar-refractivity contribution is -0.122. The molecule has 1 amide bonds. The number of nitrogens with zero attached hydrogens (tertiary/aromatic N) is 1. The molecule has 2 atom stereocenters. The zero-order valence-electron chi connectivity index (χ0n) is 12.6. The van der Waals surface area contributed by atoms with Gasteiger partial charge in [0.15, 0.2) is 0 Å². The van der Waals surface area contributed by atoms with Crippen LogP contribution in [-0.4, -0.2) is 17.4 Å². The quantitative estimate of drug-likeness (QED) is 0.729. The second-order valence-electron chi connectivity index (χ2n) is 5.34. The van der Waals surface area contributed by atoms with Crippen molar-refractivity contribution in [1.82, 2.24) is 10.3 Å². The Morgan fingerprint density at radius 2 is 2.00 bits per heavy atom. The van der Waals surface area contributed by atoms with Gasteiger partial charge in [-0.15, -0.1) is 0 Å². The number of rotatable bonds is 9. The van der Waals surface area contributed by atoms with Crippen LogP contribution in [0.5, 0.6) is 0 Å². The number of hydrogen-bond acceptors (Lipinski definition) is 3. The van der Waals surface area contributed by atoms with Crippen LogP contribution >= 0.6 is 0 Å². The fourth-order valence-electron chi connectivity index (χ4n) is 2.46. The predicted octanol–water partition coefficient (Wildman–Crippen LogP) is 2.80. The van der Waals surface area contributed by atoms with E-state index in [9.17, 15) is 4.79 Å². The number of carbonyl (C=O) groups excluding carboxylic acids is 1. The van der Waals surface area contributed by atoms with Gasteiger partial charge >= 0.3 is 0 Å². The van der Waals surface area contributed by atoms with E-state index in [1.807, 2.05) is 19.1 Å². The summed E-state index contributed by atoms with van der Waals surface area (Å²) in [4.78, 5) is 16.0. The van der Waals surface area contributed by atoms with Crippen molar-refractivity contribution in [1.29, 1.82) is 0 Å². The minimum absolute atomic E-state index is 0.0321. The van der Waals surface area contributed by atoms with Gasteiger partial charge in [-0.3, -0.25) is 9.78 Å². The van der Waals surface area contributed by atoms with Crippen LogP contribution in [0.1, 0.15) is 57.6 Å². The monoisotopic (exact) mass is 277 g/mol. The van der Waals surface area contributed by atoms with Crippen molar-refractivity contribution in [2.45, 2.75) is 52.0 Å². The fraction of sp³-hybridized carbons (Fsp3) is 0.625. The summed E-state index contributed by atoms with van der Waals surface area (Å²) in [5.41, 5.74) is 6.70. The van der Waals surface area contributed by atoms with Crippen molar-refractivity contribution in [3.8, 4) is 0 Å². The molecular weight excluding hydrogens is 250 g/mol. The SMILES string of the molecule is CCCC(CCN)CCC(=O)NC(C)c1ccncc1. The maximum absolute atomic E-state index is 12.0. The van der Waals surface area contributed by atoms with Gasteiger partial charge in [-0.05, 0) is 49.9 Å². The molecule has 20 heavy (non-hydrogen) atoms. The van der Waals surface area contributed by atoms with Gasteiger partial charge in [-0.1, -0.05) is 19.8 Å². The molecule has 2 unspecified atom stereocenters. The number of nitrogens with two attached hydrogens (primary N) is 1. The van der Waals surface area contributed by atoms with Gasteiger partial charge in [0.05, 0.1) is 6.04 Å². The van der Waals surface area contributed by atoms with Gasteiger partial charge in [-0.25, -0.2) is 0 Å². The summed E-state index contributed by atoms with van der Waals surface area (Å²) in [6.07, 6.45) is 8.33. The van der Waals surface area contributed by atoms with Crippen LogP contribution in [-0.2, 0) is 4.79 Å². The maximum atomic E-state index is 12.0. The van der Waals surface area contributed by atoms with E-state index in [2.05, 4.69) is 17.2 Å². The Balaban J connectivity index is 2.35. The molecule has 0 radical (unpaired) electrons. The number of carbonyl (C=O) groups is 1. The Kier molecular flexibility index (Phi) is 7.88. The van der Waals surface area contributed by atoms with Crippen LogP contribution < -0.4 is 11.1 Å². The second kappa shape index (κ2) is 9.48. The molecule has 1 aromatic rings. The number of amides is 1. The highest BCUT2D eigenvalue weighted by molar-refractivity contribution is 5.76. The van der Waals surface area contributed by atoms with Crippen molar-refractivity contribution in [3.05, 3.63) is 30.1 Å². The van der Waals surface area contributed by atoms with Gasteiger partial charge in [0.2, 0.25) is 5.91 Å². The van der Waals surface area contributed by atoms with Crippen molar-refractivity contribution < 1.29 is 4.79 Å². The van der Waals surface area contributed by atoms with E-state index in [4.69, 9.17) is 5.73 Å². The average Bonchev–Trinajstić information content (AvgIpc) is 2.46. The summed E-state index contributed by atoms with van der Waals surface area (Å²) in [7, 11) is 0. The van der Waals surface area contributed by atoms with Crippen LogP contribution in [0.2, 0.25) is 0 Å². The van der Waals surface area contributed by atoms with Crippen LogP contribution in [0.15, 0.2) is 24.5 Å². The summed E-state index contributed by atoms with van der Waals surface area (Å²) in [6, 6.07) is 3.89. The first-order valence-corrected chi connectivity index (χ1v) is 7.56. The van der Waals surface area contributed by atoms with E-state index < -0.39 is 0 Å². The molecule has 1 heterocycles. The van der Waals surface area contributed by atoms with E-state index >= 15 is 0 Å². The van der Waals surface area contributed by atoms with Gasteiger partial charge in [0.1, 0.15) is 0 Å². The van der Waals surface area contributed by atoms with Gasteiger partial charge in [0, 0.05) is 18.8 Å². The molecule has 0 bridgehead atoms. The molecule has 0 aliphatic carbocycles. The Labute approximate surface area is 122 Å². The standard InChI is InChI=1S/C16H27N3O/c1-3-4-14(7-10-17)5-6-16(20)19-13(2)15-8-11-18-12-9-15/h8-9,11-14H,3-7,10,17H2,1-2H3,(H,19,20). The molecule has 0 aliphatic heterocycles. The molecular formula is C16H27N3O. The predicted molar refractivity (Wildman–Crippen MR) is 82.1 cm³/mol. The molecule has 0 aliphatic rings. The summed E-state index contributed by atoms with van der Waals surface area (Å²) in [5, 5.41) is 3.04. The molecule has 0 saturated carbocycles. The minimum Gasteiger partial charge on any atom is -0.350 e. The average molecular weight is 277 g/mol. The first kappa shape index (κ1) is 16.6. The topological polar surface area (TPSA) is 68.0 Å². The van der Waals surface area contributed by atoms with Gasteiger partial charge in [0.25, 0.3) is 0 Å². The Morgan fingerprint density at radius 3 is 2.60 bits per heavy atom. The van der Waals surface area contributed by atoms with Crippen molar-refractivity contribution in [3.63, 3.8) is 0 Å². The second-order valence-corrected chi connectivity index (χ2v) is 5.34. The van der Waals surface area contributed by atoms with Crippen molar-refractivity contribution in [2.75, 3.05) is 6.54 Å². The van der Waals surface area contributed by atoms with Crippen molar-refractivity contribution >= 4 is 5.91 Å². The normalized spacial score (nSPS) is 13.8. The zero-order valence-corrected chi connectivity index (χ0v) is 12.6. The third kappa shape index (κ3) is 6.15. The Hall–Kier alpha value is -1.42. The molecule has 4 heteroatoms. The summed E-state index contributed by atoms with van der Waals surface area (Å²) in [6.45, 7) is 4.88. The molecule has 0 fully saturated rings. The number of aromatic nitrogens is 1. The lowest BCUT2D eigenvalue weighted by Crippen LogP contribution is -2.27. The molecule has 0 spiro atoms. The number of pyridine rings is 1. The molecule has 0 aromatic carbocycles. The summed E-state index contributed by atoms with van der Waals surface area (Å²) >= 11 is 0. The summed E-state index contributed by atoms with van der Waals surface area (Å²) in [5.74, 6) is 0.694. The van der Waals surface area contributed by atoms with Gasteiger partial charge < -0.3 is 11.1 Å². The van der Waals surface area contributed by atoms with Crippen molar-refractivity contribution in [2.24, 2.45) is 11.7 Å².